The molecule has 0 saturated carbocycles. The fourth-order valence-electron chi connectivity index (χ4n) is 2.89. The summed E-state index contributed by atoms with van der Waals surface area (Å²) in [7, 11) is 0. The molecule has 1 saturated heterocycles. The van der Waals surface area contributed by atoms with E-state index in [1.54, 1.807) is 0 Å². The van der Waals surface area contributed by atoms with Gasteiger partial charge in [-0.15, -0.1) is 0 Å². The molecule has 1 N–H and O–H groups in total. The molecule has 1 heterocycles. The standard InChI is InChI=1S/C13H17NO/c15-13-5-6-14(9-13)12-7-10-3-1-2-4-11(10)8-12/h1-4,12-13,15H,5-9H2/t13-/m1/s1. The molecule has 15 heavy (non-hydrogen) atoms. The van der Waals surface area contributed by atoms with Crippen LogP contribution in [0.2, 0.25) is 0 Å². The lowest BCUT2D eigenvalue weighted by Crippen LogP contribution is -2.34. The van der Waals surface area contributed by atoms with E-state index >= 15 is 0 Å². The van der Waals surface area contributed by atoms with E-state index in [2.05, 4.69) is 29.2 Å². The molecule has 1 aliphatic heterocycles. The maximum absolute atomic E-state index is 9.54. The van der Waals surface area contributed by atoms with Gasteiger partial charge < -0.3 is 5.11 Å². The van der Waals surface area contributed by atoms with Crippen LogP contribution in [0.25, 0.3) is 0 Å². The van der Waals surface area contributed by atoms with Gasteiger partial charge in [0.05, 0.1) is 6.10 Å². The molecule has 2 heteroatoms. The zero-order chi connectivity index (χ0) is 10.3. The lowest BCUT2D eigenvalue weighted by molar-refractivity contribution is 0.160. The SMILES string of the molecule is O[C@@H]1CCN(C2Cc3ccccc3C2)C1. The number of likely N-dealkylation sites (tertiary alicyclic amines) is 1. The van der Waals surface area contributed by atoms with Gasteiger partial charge in [-0.1, -0.05) is 24.3 Å². The fourth-order valence-corrected chi connectivity index (χ4v) is 2.89. The summed E-state index contributed by atoms with van der Waals surface area (Å²) in [6.45, 7) is 1.94. The molecule has 0 bridgehead atoms. The van der Waals surface area contributed by atoms with Crippen LogP contribution in [-0.2, 0) is 12.8 Å². The molecule has 1 aromatic carbocycles. The Morgan fingerprint density at radius 1 is 1.13 bits per heavy atom. The second-order valence-electron chi connectivity index (χ2n) is 4.77. The highest BCUT2D eigenvalue weighted by Crippen LogP contribution is 2.27. The number of benzene rings is 1. The fraction of sp³-hybridized carbons (Fsp3) is 0.538. The van der Waals surface area contributed by atoms with E-state index < -0.39 is 0 Å². The van der Waals surface area contributed by atoms with Crippen LogP contribution in [0.4, 0.5) is 0 Å². The lowest BCUT2D eigenvalue weighted by atomic mass is 10.1. The summed E-state index contributed by atoms with van der Waals surface area (Å²) in [5.41, 5.74) is 3.01. The Morgan fingerprint density at radius 3 is 2.33 bits per heavy atom. The number of fused-ring (bicyclic) bond motifs is 1. The second kappa shape index (κ2) is 3.62. The summed E-state index contributed by atoms with van der Waals surface area (Å²) in [5, 5.41) is 9.54. The first-order chi connectivity index (χ1) is 7.33. The molecule has 1 aliphatic carbocycles. The van der Waals surface area contributed by atoms with Gasteiger partial charge >= 0.3 is 0 Å². The van der Waals surface area contributed by atoms with Gasteiger partial charge in [0.25, 0.3) is 0 Å². The first-order valence-corrected chi connectivity index (χ1v) is 5.82. The molecule has 3 rings (SSSR count). The van der Waals surface area contributed by atoms with Gasteiger partial charge in [0, 0.05) is 19.1 Å². The van der Waals surface area contributed by atoms with Gasteiger partial charge in [-0.2, -0.15) is 0 Å². The van der Waals surface area contributed by atoms with Gasteiger partial charge in [-0.25, -0.2) is 0 Å². The average molecular weight is 203 g/mol. The van der Waals surface area contributed by atoms with E-state index in [0.29, 0.717) is 6.04 Å². The van der Waals surface area contributed by atoms with E-state index in [4.69, 9.17) is 0 Å². The molecule has 1 fully saturated rings. The number of hydrogen-bond acceptors (Lipinski definition) is 2. The van der Waals surface area contributed by atoms with Crippen molar-refractivity contribution in [2.75, 3.05) is 13.1 Å². The third-order valence-corrected chi connectivity index (χ3v) is 3.74. The Hall–Kier alpha value is -0.860. The second-order valence-corrected chi connectivity index (χ2v) is 4.77. The molecule has 80 valence electrons. The normalized spacial score (nSPS) is 27.1. The first kappa shape index (κ1) is 9.37. The van der Waals surface area contributed by atoms with Crippen LogP contribution in [0.15, 0.2) is 24.3 Å². The van der Waals surface area contributed by atoms with Gasteiger partial charge in [0.1, 0.15) is 0 Å². The summed E-state index contributed by atoms with van der Waals surface area (Å²) in [4.78, 5) is 2.45. The molecule has 0 radical (unpaired) electrons. The van der Waals surface area contributed by atoms with Crippen molar-refractivity contribution in [2.24, 2.45) is 0 Å². The minimum atomic E-state index is -0.0892. The minimum Gasteiger partial charge on any atom is -0.392 e. The minimum absolute atomic E-state index is 0.0892. The third-order valence-electron chi connectivity index (χ3n) is 3.74. The van der Waals surface area contributed by atoms with Crippen LogP contribution in [-0.4, -0.2) is 35.2 Å². The maximum Gasteiger partial charge on any atom is 0.0679 e. The largest absolute Gasteiger partial charge is 0.392 e. The van der Waals surface area contributed by atoms with Gasteiger partial charge in [0.2, 0.25) is 0 Å². The number of aliphatic hydroxyl groups is 1. The van der Waals surface area contributed by atoms with Crippen molar-refractivity contribution in [3.8, 4) is 0 Å². The van der Waals surface area contributed by atoms with Crippen LogP contribution in [0, 0.1) is 0 Å². The molecule has 2 nitrogen and oxygen atoms in total. The predicted octanol–water partition coefficient (Wildman–Crippen LogP) is 1.22. The van der Waals surface area contributed by atoms with Crippen molar-refractivity contribution in [2.45, 2.75) is 31.4 Å². The van der Waals surface area contributed by atoms with Crippen LogP contribution in [0.5, 0.6) is 0 Å². The predicted molar refractivity (Wildman–Crippen MR) is 59.8 cm³/mol. The van der Waals surface area contributed by atoms with E-state index in [-0.39, 0.29) is 6.10 Å². The Morgan fingerprint density at radius 2 is 1.80 bits per heavy atom. The number of rotatable bonds is 1. The molecule has 1 aromatic rings. The smallest absolute Gasteiger partial charge is 0.0679 e. The van der Waals surface area contributed by atoms with Crippen molar-refractivity contribution >= 4 is 0 Å². The highest BCUT2D eigenvalue weighted by Gasteiger charge is 2.31. The van der Waals surface area contributed by atoms with Gasteiger partial charge in [0.15, 0.2) is 0 Å². The van der Waals surface area contributed by atoms with Crippen molar-refractivity contribution in [3.05, 3.63) is 35.4 Å². The molecule has 2 aliphatic rings. The summed E-state index contributed by atoms with van der Waals surface area (Å²) in [6.07, 6.45) is 3.20. The van der Waals surface area contributed by atoms with Crippen molar-refractivity contribution in [1.29, 1.82) is 0 Å². The van der Waals surface area contributed by atoms with Crippen LogP contribution >= 0.6 is 0 Å². The summed E-state index contributed by atoms with van der Waals surface area (Å²) in [6, 6.07) is 9.36. The van der Waals surface area contributed by atoms with E-state index in [1.165, 1.54) is 24.0 Å². The Balaban J connectivity index is 1.73. The summed E-state index contributed by atoms with van der Waals surface area (Å²) >= 11 is 0. The number of hydrogen-bond donors (Lipinski definition) is 1. The zero-order valence-electron chi connectivity index (χ0n) is 8.89. The molecule has 0 aromatic heterocycles. The van der Waals surface area contributed by atoms with Crippen molar-refractivity contribution < 1.29 is 5.11 Å². The highest BCUT2D eigenvalue weighted by atomic mass is 16.3. The molecule has 0 unspecified atom stereocenters. The van der Waals surface area contributed by atoms with Crippen molar-refractivity contribution in [1.82, 2.24) is 4.90 Å². The number of nitrogens with zero attached hydrogens (tertiary/aromatic N) is 1. The lowest BCUT2D eigenvalue weighted by Gasteiger charge is -2.22. The summed E-state index contributed by atoms with van der Waals surface area (Å²) < 4.78 is 0. The molecular weight excluding hydrogens is 186 g/mol. The first-order valence-electron chi connectivity index (χ1n) is 5.82. The van der Waals surface area contributed by atoms with Crippen LogP contribution in [0.1, 0.15) is 17.5 Å². The highest BCUT2D eigenvalue weighted by molar-refractivity contribution is 5.33. The Bertz CT molecular complexity index is 338. The topological polar surface area (TPSA) is 23.5 Å². The monoisotopic (exact) mass is 203 g/mol. The van der Waals surface area contributed by atoms with E-state index in [0.717, 1.165) is 19.5 Å². The van der Waals surface area contributed by atoms with E-state index in [1.807, 2.05) is 0 Å². The Labute approximate surface area is 90.5 Å². The van der Waals surface area contributed by atoms with E-state index in [9.17, 15) is 5.11 Å². The molecule has 1 atom stereocenters. The maximum atomic E-state index is 9.54. The van der Waals surface area contributed by atoms with Crippen LogP contribution in [0.3, 0.4) is 0 Å². The third kappa shape index (κ3) is 1.68. The average Bonchev–Trinajstić information content (AvgIpc) is 2.82. The molecular formula is C13H17NO. The van der Waals surface area contributed by atoms with Gasteiger partial charge in [-0.05, 0) is 30.4 Å². The van der Waals surface area contributed by atoms with Gasteiger partial charge in [-0.3, -0.25) is 4.90 Å². The summed E-state index contributed by atoms with van der Waals surface area (Å²) in [5.74, 6) is 0. The quantitative estimate of drug-likeness (QED) is 0.742. The number of β-amino-alcohol motifs (C(OH)–C–C–N with tert-alkyl or cyclic N) is 1. The molecule has 0 amide bonds. The molecule has 0 spiro atoms. The van der Waals surface area contributed by atoms with Crippen LogP contribution < -0.4 is 0 Å². The number of aliphatic hydroxyl groups excluding tert-OH is 1. The Kier molecular flexibility index (Phi) is 2.26. The zero-order valence-corrected chi connectivity index (χ0v) is 8.89. The van der Waals surface area contributed by atoms with Crippen molar-refractivity contribution in [3.63, 3.8) is 0 Å².